The molecule has 0 radical (unpaired) electrons. The average molecular weight is 429 g/mol. The number of hydrogen-bond donors (Lipinski definition) is 1. The van der Waals surface area contributed by atoms with Crippen LogP contribution in [0.3, 0.4) is 0 Å². The van der Waals surface area contributed by atoms with Crippen LogP contribution in [0.1, 0.15) is 46.4 Å². The van der Waals surface area contributed by atoms with Crippen molar-refractivity contribution >= 4 is 33.2 Å². The Kier molecular flexibility index (Phi) is 4.32. The van der Waals surface area contributed by atoms with Crippen molar-refractivity contribution in [1.82, 2.24) is 4.31 Å². The number of anilines is 2. The zero-order chi connectivity index (χ0) is 21.0. The molecule has 0 aromatic heterocycles. The van der Waals surface area contributed by atoms with Crippen molar-refractivity contribution in [2.45, 2.75) is 36.6 Å². The molecule has 2 heterocycles. The van der Waals surface area contributed by atoms with E-state index in [0.717, 1.165) is 30.2 Å². The van der Waals surface area contributed by atoms with Gasteiger partial charge in [-0.1, -0.05) is 6.07 Å². The highest BCUT2D eigenvalue weighted by molar-refractivity contribution is 7.90. The van der Waals surface area contributed by atoms with Gasteiger partial charge in [0, 0.05) is 24.7 Å². The summed E-state index contributed by atoms with van der Waals surface area (Å²) in [5, 5.41) is 2.60. The van der Waals surface area contributed by atoms with Gasteiger partial charge >= 0.3 is 0 Å². The molecule has 5 rings (SSSR count). The van der Waals surface area contributed by atoms with Crippen LogP contribution in [-0.2, 0) is 10.0 Å². The zero-order valence-electron chi connectivity index (χ0n) is 16.1. The van der Waals surface area contributed by atoms with E-state index in [1.165, 1.54) is 24.3 Å². The molecule has 0 atom stereocenters. The second-order valence-corrected chi connectivity index (χ2v) is 9.61. The Bertz CT molecular complexity index is 1170. The highest BCUT2D eigenvalue weighted by Gasteiger charge is 2.48. The van der Waals surface area contributed by atoms with Crippen LogP contribution in [0.4, 0.5) is 15.8 Å². The van der Waals surface area contributed by atoms with E-state index in [1.54, 1.807) is 12.1 Å². The molecule has 2 aromatic rings. The van der Waals surface area contributed by atoms with E-state index in [2.05, 4.69) is 5.32 Å². The largest absolute Gasteiger partial charge is 0.370 e. The Hall–Kier alpha value is -2.94. The number of amides is 2. The van der Waals surface area contributed by atoms with E-state index in [-0.39, 0.29) is 27.8 Å². The number of sulfonamides is 1. The van der Waals surface area contributed by atoms with Crippen LogP contribution in [-0.4, -0.2) is 43.7 Å². The lowest BCUT2D eigenvalue weighted by Crippen LogP contribution is -2.31. The van der Waals surface area contributed by atoms with Crippen molar-refractivity contribution < 1.29 is 22.4 Å². The smallest absolute Gasteiger partial charge is 0.269 e. The third-order valence-electron chi connectivity index (χ3n) is 5.77. The number of hydrogen-bond acceptors (Lipinski definition) is 5. The molecule has 1 N–H and O–H groups in total. The Balaban J connectivity index is 1.47. The fraction of sp³-hybridized carbons (Fsp3) is 0.333. The summed E-state index contributed by atoms with van der Waals surface area (Å²) in [5.74, 6) is -1.74. The van der Waals surface area contributed by atoms with Crippen LogP contribution >= 0.6 is 0 Å². The second kappa shape index (κ2) is 6.80. The van der Waals surface area contributed by atoms with Gasteiger partial charge in [0.15, 0.2) is 0 Å². The minimum atomic E-state index is -3.97. The minimum Gasteiger partial charge on any atom is -0.370 e. The maximum absolute atomic E-state index is 14.5. The molecule has 0 spiro atoms. The number of para-hydroxylation sites is 1. The molecule has 0 bridgehead atoms. The van der Waals surface area contributed by atoms with Gasteiger partial charge in [-0.25, -0.2) is 17.1 Å². The van der Waals surface area contributed by atoms with Crippen molar-refractivity contribution in [3.63, 3.8) is 0 Å². The summed E-state index contributed by atoms with van der Waals surface area (Å²) in [6.07, 6.45) is 3.30. The van der Waals surface area contributed by atoms with Crippen LogP contribution in [0.2, 0.25) is 0 Å². The molecule has 1 saturated heterocycles. The van der Waals surface area contributed by atoms with Gasteiger partial charge in [0.2, 0.25) is 0 Å². The summed E-state index contributed by atoms with van der Waals surface area (Å²) in [5.41, 5.74) is 0.800. The maximum atomic E-state index is 14.5. The summed E-state index contributed by atoms with van der Waals surface area (Å²) in [4.78, 5) is 27.2. The Labute approximate surface area is 173 Å². The van der Waals surface area contributed by atoms with Crippen molar-refractivity contribution in [2.75, 3.05) is 23.3 Å². The number of nitrogens with zero attached hydrogens (tertiary/aromatic N) is 2. The molecule has 156 valence electrons. The standard InChI is InChI=1S/C21H20FN3O4S/c22-16-4-3-5-17(24-10-1-2-11-24)19(16)23-20(26)13-6-9-15-18(12-13)30(28,29)25(21(15)27)14-7-8-14/h3-6,9,12,14H,1-2,7-8,10-11H2,(H,23,26). The summed E-state index contributed by atoms with van der Waals surface area (Å²) in [6.45, 7) is 1.56. The molecule has 2 aliphatic heterocycles. The number of halogens is 1. The lowest BCUT2D eigenvalue weighted by molar-refractivity contribution is 0.0864. The number of carbonyl (C=O) groups is 2. The topological polar surface area (TPSA) is 86.8 Å². The average Bonchev–Trinajstić information content (AvgIpc) is 3.34. The van der Waals surface area contributed by atoms with E-state index in [1.807, 2.05) is 4.90 Å². The predicted molar refractivity (Wildman–Crippen MR) is 109 cm³/mol. The number of fused-ring (bicyclic) bond motifs is 1. The molecular formula is C21H20FN3O4S. The first kappa shape index (κ1) is 19.0. The van der Waals surface area contributed by atoms with Gasteiger partial charge in [0.1, 0.15) is 16.4 Å². The summed E-state index contributed by atoms with van der Waals surface area (Å²) < 4.78 is 41.0. The maximum Gasteiger partial charge on any atom is 0.269 e. The monoisotopic (exact) mass is 429 g/mol. The molecule has 9 heteroatoms. The fourth-order valence-corrected chi connectivity index (χ4v) is 5.94. The van der Waals surface area contributed by atoms with Gasteiger partial charge in [0.05, 0.1) is 11.3 Å². The molecule has 0 unspecified atom stereocenters. The molecule has 2 amide bonds. The molecule has 30 heavy (non-hydrogen) atoms. The van der Waals surface area contributed by atoms with Crippen molar-refractivity contribution in [1.29, 1.82) is 0 Å². The third kappa shape index (κ3) is 2.96. The first-order valence-corrected chi connectivity index (χ1v) is 11.4. The fourth-order valence-electron chi connectivity index (χ4n) is 4.10. The van der Waals surface area contributed by atoms with E-state index >= 15 is 0 Å². The zero-order valence-corrected chi connectivity index (χ0v) is 16.9. The molecule has 3 aliphatic rings. The van der Waals surface area contributed by atoms with E-state index in [0.29, 0.717) is 18.5 Å². The van der Waals surface area contributed by atoms with Crippen molar-refractivity contribution in [3.05, 3.63) is 53.3 Å². The second-order valence-electron chi connectivity index (χ2n) is 7.83. The van der Waals surface area contributed by atoms with E-state index < -0.39 is 27.7 Å². The van der Waals surface area contributed by atoms with Gasteiger partial charge in [-0.15, -0.1) is 0 Å². The van der Waals surface area contributed by atoms with Gasteiger partial charge in [-0.3, -0.25) is 9.59 Å². The third-order valence-corrected chi connectivity index (χ3v) is 7.64. The lowest BCUT2D eigenvalue weighted by atomic mass is 10.1. The highest BCUT2D eigenvalue weighted by atomic mass is 32.2. The molecule has 1 aliphatic carbocycles. The summed E-state index contributed by atoms with van der Waals surface area (Å²) in [7, 11) is -3.97. The Morgan fingerprint density at radius 3 is 2.53 bits per heavy atom. The Morgan fingerprint density at radius 2 is 1.83 bits per heavy atom. The highest BCUT2D eigenvalue weighted by Crippen LogP contribution is 2.40. The van der Waals surface area contributed by atoms with Crippen LogP contribution < -0.4 is 10.2 Å². The first-order valence-electron chi connectivity index (χ1n) is 9.95. The van der Waals surface area contributed by atoms with Crippen LogP contribution in [0.15, 0.2) is 41.3 Å². The molecule has 1 saturated carbocycles. The number of rotatable bonds is 4. The van der Waals surface area contributed by atoms with Crippen LogP contribution in [0.5, 0.6) is 0 Å². The Morgan fingerprint density at radius 1 is 1.10 bits per heavy atom. The molecule has 7 nitrogen and oxygen atoms in total. The summed E-state index contributed by atoms with van der Waals surface area (Å²) >= 11 is 0. The normalized spacial score (nSPS) is 19.8. The number of carbonyl (C=O) groups excluding carboxylic acids is 2. The first-order chi connectivity index (χ1) is 14.4. The quantitative estimate of drug-likeness (QED) is 0.808. The van der Waals surface area contributed by atoms with E-state index in [9.17, 15) is 22.4 Å². The molecule has 2 fully saturated rings. The van der Waals surface area contributed by atoms with Crippen LogP contribution in [0, 0.1) is 5.82 Å². The van der Waals surface area contributed by atoms with Crippen molar-refractivity contribution in [2.24, 2.45) is 0 Å². The lowest BCUT2D eigenvalue weighted by Gasteiger charge is -2.22. The van der Waals surface area contributed by atoms with Crippen molar-refractivity contribution in [3.8, 4) is 0 Å². The summed E-state index contributed by atoms with van der Waals surface area (Å²) in [6, 6.07) is 8.28. The number of benzene rings is 2. The molecule has 2 aromatic carbocycles. The number of nitrogens with one attached hydrogen (secondary N) is 1. The minimum absolute atomic E-state index is 0.0541. The molecular weight excluding hydrogens is 409 g/mol. The van der Waals surface area contributed by atoms with Gasteiger partial charge < -0.3 is 10.2 Å². The van der Waals surface area contributed by atoms with Gasteiger partial charge in [-0.2, -0.15) is 0 Å². The van der Waals surface area contributed by atoms with Gasteiger partial charge in [-0.05, 0) is 56.0 Å². The SMILES string of the molecule is O=C(Nc1c(F)cccc1N1CCCC1)c1ccc2c(c1)S(=O)(=O)N(C1CC1)C2=O. The van der Waals surface area contributed by atoms with Crippen LogP contribution in [0.25, 0.3) is 0 Å². The predicted octanol–water partition coefficient (Wildman–Crippen LogP) is 2.99. The van der Waals surface area contributed by atoms with Gasteiger partial charge in [0.25, 0.3) is 21.8 Å². The van der Waals surface area contributed by atoms with E-state index in [4.69, 9.17) is 0 Å².